The molecule has 32 heavy (non-hydrogen) atoms. The van der Waals surface area contributed by atoms with E-state index in [0.717, 1.165) is 48.5 Å². The Kier molecular flexibility index (Phi) is 6.54. The Labute approximate surface area is 187 Å². The second-order valence-electron chi connectivity index (χ2n) is 8.04. The Morgan fingerprint density at radius 2 is 1.72 bits per heavy atom. The Balaban J connectivity index is 1.28. The molecule has 2 heterocycles. The normalized spacial score (nSPS) is 13.2. The van der Waals surface area contributed by atoms with Gasteiger partial charge in [-0.3, -0.25) is 9.59 Å². The number of hydrogen-bond donors (Lipinski definition) is 1. The first kappa shape index (κ1) is 21.6. The number of anilines is 1. The second-order valence-corrected chi connectivity index (χ2v) is 8.04. The van der Waals surface area contributed by atoms with Crippen LogP contribution in [-0.4, -0.2) is 35.0 Å². The van der Waals surface area contributed by atoms with Crippen LogP contribution in [0.1, 0.15) is 45.8 Å². The first-order valence-corrected chi connectivity index (χ1v) is 10.8. The predicted molar refractivity (Wildman–Crippen MR) is 121 cm³/mol. The number of aromatic nitrogens is 1. The number of amides is 2. The largest absolute Gasteiger partial charge is 0.489 e. The highest BCUT2D eigenvalue weighted by atomic mass is 16.5. The number of hydrogen-bond acceptors (Lipinski definition) is 5. The maximum absolute atomic E-state index is 12.4. The van der Waals surface area contributed by atoms with Gasteiger partial charge in [-0.1, -0.05) is 17.3 Å². The van der Waals surface area contributed by atoms with Gasteiger partial charge >= 0.3 is 0 Å². The van der Waals surface area contributed by atoms with Gasteiger partial charge < -0.3 is 19.5 Å². The molecule has 2 aromatic carbocycles. The van der Waals surface area contributed by atoms with Gasteiger partial charge in [0.05, 0.1) is 17.7 Å². The molecule has 1 aromatic heterocycles. The highest BCUT2D eigenvalue weighted by molar-refractivity contribution is 5.96. The van der Waals surface area contributed by atoms with Crippen LogP contribution in [0.4, 0.5) is 5.69 Å². The summed E-state index contributed by atoms with van der Waals surface area (Å²) in [5.74, 6) is 1.40. The summed E-state index contributed by atoms with van der Waals surface area (Å²) in [5, 5.41) is 6.81. The molecule has 7 nitrogen and oxygen atoms in total. The van der Waals surface area contributed by atoms with E-state index >= 15 is 0 Å². The molecule has 1 aliphatic heterocycles. The van der Waals surface area contributed by atoms with E-state index in [0.29, 0.717) is 23.6 Å². The molecule has 1 fully saturated rings. The Morgan fingerprint density at radius 3 is 2.34 bits per heavy atom. The fourth-order valence-electron chi connectivity index (χ4n) is 3.76. The zero-order chi connectivity index (χ0) is 22.5. The van der Waals surface area contributed by atoms with Crippen LogP contribution in [-0.2, 0) is 17.8 Å². The highest BCUT2D eigenvalue weighted by Gasteiger charge is 2.19. The number of carbonyl (C=O) groups excluding carboxylic acids is 2. The lowest BCUT2D eigenvalue weighted by Crippen LogP contribution is -2.27. The molecule has 0 unspecified atom stereocenters. The molecule has 2 amide bonds. The minimum absolute atomic E-state index is 0.0528. The van der Waals surface area contributed by atoms with Crippen LogP contribution in [0.25, 0.3) is 0 Å². The molecule has 4 rings (SSSR count). The summed E-state index contributed by atoms with van der Waals surface area (Å²) in [6, 6.07) is 14.5. The quantitative estimate of drug-likeness (QED) is 0.601. The van der Waals surface area contributed by atoms with E-state index in [1.165, 1.54) is 0 Å². The Morgan fingerprint density at radius 1 is 1.03 bits per heavy atom. The Hall–Kier alpha value is -3.61. The average molecular weight is 434 g/mol. The third-order valence-electron chi connectivity index (χ3n) is 5.66. The molecule has 1 aliphatic rings. The van der Waals surface area contributed by atoms with Gasteiger partial charge in [0.1, 0.15) is 18.1 Å². The van der Waals surface area contributed by atoms with Crippen LogP contribution in [0.15, 0.2) is 53.1 Å². The molecule has 0 spiro atoms. The molecule has 0 radical (unpaired) electrons. The number of nitrogens with one attached hydrogen (secondary N) is 1. The third-order valence-corrected chi connectivity index (χ3v) is 5.66. The van der Waals surface area contributed by atoms with Crippen LogP contribution in [0, 0.1) is 13.8 Å². The van der Waals surface area contributed by atoms with Crippen LogP contribution in [0.3, 0.4) is 0 Å². The maximum atomic E-state index is 12.4. The van der Waals surface area contributed by atoms with E-state index in [9.17, 15) is 9.59 Å². The molecule has 0 aliphatic carbocycles. The average Bonchev–Trinajstić information content (AvgIpc) is 3.44. The molecule has 0 atom stereocenters. The summed E-state index contributed by atoms with van der Waals surface area (Å²) in [7, 11) is 0. The van der Waals surface area contributed by atoms with Crippen molar-refractivity contribution in [2.45, 2.75) is 39.7 Å². The highest BCUT2D eigenvalue weighted by Crippen LogP contribution is 2.19. The second kappa shape index (κ2) is 9.68. The van der Waals surface area contributed by atoms with Gasteiger partial charge in [-0.25, -0.2) is 0 Å². The van der Waals surface area contributed by atoms with Gasteiger partial charge in [0.2, 0.25) is 5.91 Å². The lowest BCUT2D eigenvalue weighted by Gasteiger charge is -2.15. The molecule has 7 heteroatoms. The van der Waals surface area contributed by atoms with Crippen molar-refractivity contribution >= 4 is 17.5 Å². The van der Waals surface area contributed by atoms with Crippen molar-refractivity contribution in [1.29, 1.82) is 0 Å². The predicted octanol–water partition coefficient (Wildman–Crippen LogP) is 4.29. The van der Waals surface area contributed by atoms with E-state index in [2.05, 4.69) is 10.5 Å². The van der Waals surface area contributed by atoms with Crippen molar-refractivity contribution in [3.8, 4) is 5.75 Å². The first-order chi connectivity index (χ1) is 15.5. The van der Waals surface area contributed by atoms with E-state index < -0.39 is 0 Å². The maximum Gasteiger partial charge on any atom is 0.253 e. The van der Waals surface area contributed by atoms with Crippen molar-refractivity contribution in [3.05, 3.63) is 76.7 Å². The number of benzene rings is 2. The van der Waals surface area contributed by atoms with Crippen LogP contribution in [0.5, 0.6) is 5.75 Å². The summed E-state index contributed by atoms with van der Waals surface area (Å²) in [4.78, 5) is 26.7. The van der Waals surface area contributed by atoms with Gasteiger partial charge in [-0.05, 0) is 68.7 Å². The van der Waals surface area contributed by atoms with Crippen LogP contribution < -0.4 is 10.1 Å². The number of ether oxygens (including phenoxy) is 1. The summed E-state index contributed by atoms with van der Waals surface area (Å²) in [5.41, 5.74) is 3.98. The van der Waals surface area contributed by atoms with E-state index in [-0.39, 0.29) is 18.2 Å². The summed E-state index contributed by atoms with van der Waals surface area (Å²) >= 11 is 0. The van der Waals surface area contributed by atoms with Crippen molar-refractivity contribution in [3.63, 3.8) is 0 Å². The molecule has 0 saturated carbocycles. The summed E-state index contributed by atoms with van der Waals surface area (Å²) in [6.07, 6.45) is 2.38. The van der Waals surface area contributed by atoms with Gasteiger partial charge in [0, 0.05) is 24.3 Å². The fraction of sp³-hybridized carbons (Fsp3) is 0.320. The van der Waals surface area contributed by atoms with Crippen LogP contribution in [0.2, 0.25) is 0 Å². The van der Waals surface area contributed by atoms with Crippen molar-refractivity contribution in [1.82, 2.24) is 10.1 Å². The van der Waals surface area contributed by atoms with E-state index in [1.54, 1.807) is 24.3 Å². The monoisotopic (exact) mass is 433 g/mol. The standard InChI is InChI=1S/C25H27N3O4/c1-17-23(18(2)32-27-17)16-31-22-11-5-19(6-12-22)15-24(29)26-21-9-7-20(8-10-21)25(30)28-13-3-4-14-28/h5-12H,3-4,13-16H2,1-2H3,(H,26,29). The van der Waals surface area contributed by atoms with Gasteiger partial charge in [0.25, 0.3) is 5.91 Å². The van der Waals surface area contributed by atoms with E-state index in [4.69, 9.17) is 9.26 Å². The summed E-state index contributed by atoms with van der Waals surface area (Å²) < 4.78 is 10.9. The smallest absolute Gasteiger partial charge is 0.253 e. The van der Waals surface area contributed by atoms with Gasteiger partial charge in [0.15, 0.2) is 0 Å². The molecule has 1 saturated heterocycles. The fourth-order valence-corrected chi connectivity index (χ4v) is 3.76. The SMILES string of the molecule is Cc1noc(C)c1COc1ccc(CC(=O)Nc2ccc(C(=O)N3CCCC3)cc2)cc1. The minimum Gasteiger partial charge on any atom is -0.489 e. The summed E-state index contributed by atoms with van der Waals surface area (Å²) in [6.45, 7) is 5.77. The lowest BCUT2D eigenvalue weighted by molar-refractivity contribution is -0.115. The van der Waals surface area contributed by atoms with Crippen molar-refractivity contribution < 1.29 is 18.8 Å². The zero-order valence-corrected chi connectivity index (χ0v) is 18.4. The molecule has 1 N–H and O–H groups in total. The third kappa shape index (κ3) is 5.17. The number of aryl methyl sites for hydroxylation is 2. The topological polar surface area (TPSA) is 84.7 Å². The minimum atomic E-state index is -0.118. The lowest BCUT2D eigenvalue weighted by atomic mass is 10.1. The number of carbonyl (C=O) groups is 2. The number of nitrogens with zero attached hydrogens (tertiary/aromatic N) is 2. The van der Waals surface area contributed by atoms with Gasteiger partial charge in [-0.2, -0.15) is 0 Å². The molecule has 166 valence electrons. The Bertz CT molecular complexity index is 1060. The molecular formula is C25H27N3O4. The zero-order valence-electron chi connectivity index (χ0n) is 18.4. The first-order valence-electron chi connectivity index (χ1n) is 10.8. The number of likely N-dealkylation sites (tertiary alicyclic amines) is 1. The van der Waals surface area contributed by atoms with Crippen molar-refractivity contribution in [2.24, 2.45) is 0 Å². The van der Waals surface area contributed by atoms with E-state index in [1.807, 2.05) is 43.0 Å². The van der Waals surface area contributed by atoms with Crippen molar-refractivity contribution in [2.75, 3.05) is 18.4 Å². The van der Waals surface area contributed by atoms with Crippen LogP contribution >= 0.6 is 0 Å². The molecule has 3 aromatic rings. The molecular weight excluding hydrogens is 406 g/mol. The number of rotatable bonds is 7. The molecule has 0 bridgehead atoms. The van der Waals surface area contributed by atoms with Gasteiger partial charge in [-0.15, -0.1) is 0 Å².